The third kappa shape index (κ3) is 6.20. The van der Waals surface area contributed by atoms with Gasteiger partial charge in [-0.3, -0.25) is 0 Å². The van der Waals surface area contributed by atoms with Crippen LogP contribution in [0.3, 0.4) is 0 Å². The van der Waals surface area contributed by atoms with Crippen molar-refractivity contribution in [1.29, 1.82) is 0 Å². The van der Waals surface area contributed by atoms with Crippen LogP contribution in [-0.2, 0) is 17.4 Å². The molecule has 1 heterocycles. The van der Waals surface area contributed by atoms with Gasteiger partial charge in [-0.2, -0.15) is 0 Å². The molecule has 2 unspecified atom stereocenters. The molecule has 0 bridgehead atoms. The zero-order valence-corrected chi connectivity index (χ0v) is 22.6. The molecule has 1 aliphatic heterocycles. The lowest BCUT2D eigenvalue weighted by Crippen LogP contribution is -2.43. The molecule has 2 atom stereocenters. The van der Waals surface area contributed by atoms with Gasteiger partial charge in [0.25, 0.3) is 0 Å². The van der Waals surface area contributed by atoms with Crippen LogP contribution in [-0.4, -0.2) is 34.5 Å². The van der Waals surface area contributed by atoms with Crippen molar-refractivity contribution < 1.29 is 9.09 Å². The zero-order valence-electron chi connectivity index (χ0n) is 21.7. The molecule has 3 aliphatic rings. The quantitative estimate of drug-likeness (QED) is 0.261. The molecule has 3 aromatic carbocycles. The normalized spacial score (nSPS) is 27.0. The minimum absolute atomic E-state index is 0.194. The molecule has 3 aromatic rings. The standard InChI is InChI=1S/C32H39N2O2P/c35-37(36-32-14-8-3-9-15-32)33(24-28-16-17-28)30(22-26-10-4-1-5-11-26)20-21-31(34(37)25-29-18-19-29)23-27-12-6-2-7-13-27/h1-15,28-31H,16-25H2. The van der Waals surface area contributed by atoms with Crippen LogP contribution in [0.1, 0.15) is 49.7 Å². The molecule has 4 nitrogen and oxygen atoms in total. The van der Waals surface area contributed by atoms with Gasteiger partial charge in [0.15, 0.2) is 0 Å². The van der Waals surface area contributed by atoms with E-state index in [1.807, 2.05) is 30.3 Å². The molecule has 0 N–H and O–H groups in total. The van der Waals surface area contributed by atoms with E-state index in [1.165, 1.54) is 36.8 Å². The van der Waals surface area contributed by atoms with Crippen molar-refractivity contribution in [3.63, 3.8) is 0 Å². The van der Waals surface area contributed by atoms with Gasteiger partial charge in [0.05, 0.1) is 0 Å². The van der Waals surface area contributed by atoms with Crippen molar-refractivity contribution in [3.05, 3.63) is 102 Å². The lowest BCUT2D eigenvalue weighted by atomic mass is 9.95. The monoisotopic (exact) mass is 514 g/mol. The predicted octanol–water partition coefficient (Wildman–Crippen LogP) is 7.61. The van der Waals surface area contributed by atoms with Crippen molar-refractivity contribution in [2.45, 2.75) is 63.5 Å². The molecule has 1 saturated heterocycles. The van der Waals surface area contributed by atoms with E-state index in [0.29, 0.717) is 17.6 Å². The van der Waals surface area contributed by atoms with E-state index in [9.17, 15) is 0 Å². The number of rotatable bonds is 10. The zero-order chi connectivity index (χ0) is 25.1. The van der Waals surface area contributed by atoms with Crippen LogP contribution in [0.25, 0.3) is 0 Å². The lowest BCUT2D eigenvalue weighted by Gasteiger charge is -2.42. The van der Waals surface area contributed by atoms with E-state index < -0.39 is 7.67 Å². The van der Waals surface area contributed by atoms with Crippen molar-refractivity contribution in [2.24, 2.45) is 11.8 Å². The molecule has 5 heteroatoms. The Morgan fingerprint density at radius 3 is 1.41 bits per heavy atom. The Hall–Kier alpha value is -2.39. The number of benzene rings is 3. The second-order valence-electron chi connectivity index (χ2n) is 11.3. The maximum atomic E-state index is 15.6. The summed E-state index contributed by atoms with van der Waals surface area (Å²) in [6.45, 7) is 1.72. The Kier molecular flexibility index (Phi) is 7.51. The third-order valence-electron chi connectivity index (χ3n) is 8.21. The fourth-order valence-corrected chi connectivity index (χ4v) is 8.78. The molecule has 0 spiro atoms. The first kappa shape index (κ1) is 24.9. The average molecular weight is 515 g/mol. The van der Waals surface area contributed by atoms with Crippen LogP contribution in [0.4, 0.5) is 0 Å². The topological polar surface area (TPSA) is 32.8 Å². The van der Waals surface area contributed by atoms with E-state index in [-0.39, 0.29) is 12.1 Å². The van der Waals surface area contributed by atoms with Gasteiger partial charge in [-0.15, -0.1) is 0 Å². The number of hydrogen-bond donors (Lipinski definition) is 0. The molecule has 0 aromatic heterocycles. The summed E-state index contributed by atoms with van der Waals surface area (Å²) in [6.07, 6.45) is 8.80. The SMILES string of the molecule is O=P1(Oc2ccccc2)N(CC2CC2)C(Cc2ccccc2)CCC(Cc2ccccc2)N1CC1CC1. The summed E-state index contributed by atoms with van der Waals surface area (Å²) in [5, 5.41) is 0. The van der Waals surface area contributed by atoms with E-state index in [0.717, 1.165) is 38.8 Å². The van der Waals surface area contributed by atoms with Gasteiger partial charge in [0.2, 0.25) is 0 Å². The molecular formula is C32H39N2O2P. The predicted molar refractivity (Wildman–Crippen MR) is 151 cm³/mol. The Labute approximate surface area is 222 Å². The van der Waals surface area contributed by atoms with E-state index >= 15 is 4.57 Å². The highest BCUT2D eigenvalue weighted by atomic mass is 31.2. The van der Waals surface area contributed by atoms with Crippen LogP contribution in [0.15, 0.2) is 91.0 Å². The lowest BCUT2D eigenvalue weighted by molar-refractivity contribution is 0.226. The highest BCUT2D eigenvalue weighted by Gasteiger charge is 2.51. The molecular weight excluding hydrogens is 475 g/mol. The molecule has 6 rings (SSSR count). The van der Waals surface area contributed by atoms with E-state index in [2.05, 4.69) is 70.0 Å². The first-order valence-corrected chi connectivity index (χ1v) is 15.7. The van der Waals surface area contributed by atoms with Gasteiger partial charge >= 0.3 is 7.67 Å². The van der Waals surface area contributed by atoms with Crippen LogP contribution in [0.5, 0.6) is 5.75 Å². The number of para-hydroxylation sites is 1. The van der Waals surface area contributed by atoms with Gasteiger partial charge in [0.1, 0.15) is 5.75 Å². The first-order chi connectivity index (χ1) is 18.2. The summed E-state index contributed by atoms with van der Waals surface area (Å²) in [6, 6.07) is 31.8. The molecule has 194 valence electrons. The van der Waals surface area contributed by atoms with Crippen molar-refractivity contribution >= 4 is 7.67 Å². The molecule has 3 fully saturated rings. The largest absolute Gasteiger partial charge is 0.422 e. The summed E-state index contributed by atoms with van der Waals surface area (Å²) in [7, 11) is -3.35. The third-order valence-corrected chi connectivity index (χ3v) is 10.9. The van der Waals surface area contributed by atoms with Gasteiger partial charge in [-0.05, 0) is 86.5 Å². The summed E-state index contributed by atoms with van der Waals surface area (Å²) in [4.78, 5) is 0. The first-order valence-electron chi connectivity index (χ1n) is 14.1. The Bertz CT molecular complexity index is 1110. The number of nitrogens with zero attached hydrogens (tertiary/aromatic N) is 2. The Morgan fingerprint density at radius 1 is 0.595 bits per heavy atom. The molecule has 2 aliphatic carbocycles. The fourth-order valence-electron chi connectivity index (χ4n) is 5.79. The second kappa shape index (κ2) is 11.2. The Morgan fingerprint density at radius 2 is 1.00 bits per heavy atom. The average Bonchev–Trinajstić information content (AvgIpc) is 3.85. The molecule has 2 saturated carbocycles. The van der Waals surface area contributed by atoms with Gasteiger partial charge in [0, 0.05) is 25.2 Å². The highest BCUT2D eigenvalue weighted by molar-refractivity contribution is 7.54. The summed E-state index contributed by atoms with van der Waals surface area (Å²) in [5.74, 6) is 1.96. The maximum absolute atomic E-state index is 15.6. The minimum atomic E-state index is -3.35. The van der Waals surface area contributed by atoms with Crippen molar-refractivity contribution in [2.75, 3.05) is 13.1 Å². The van der Waals surface area contributed by atoms with Crippen LogP contribution in [0.2, 0.25) is 0 Å². The summed E-state index contributed by atoms with van der Waals surface area (Å²) < 4.78 is 27.1. The minimum Gasteiger partial charge on any atom is -0.422 e. The molecule has 0 amide bonds. The molecule has 37 heavy (non-hydrogen) atoms. The van der Waals surface area contributed by atoms with Crippen molar-refractivity contribution in [3.8, 4) is 5.75 Å². The summed E-state index contributed by atoms with van der Waals surface area (Å²) >= 11 is 0. The van der Waals surface area contributed by atoms with Crippen LogP contribution in [0, 0.1) is 11.8 Å². The summed E-state index contributed by atoms with van der Waals surface area (Å²) in [5.41, 5.74) is 2.63. The van der Waals surface area contributed by atoms with Crippen LogP contribution < -0.4 is 4.52 Å². The van der Waals surface area contributed by atoms with Gasteiger partial charge in [-0.25, -0.2) is 13.9 Å². The van der Waals surface area contributed by atoms with Gasteiger partial charge in [-0.1, -0.05) is 78.9 Å². The van der Waals surface area contributed by atoms with Crippen LogP contribution >= 0.6 is 7.67 Å². The van der Waals surface area contributed by atoms with Gasteiger partial charge < -0.3 is 4.52 Å². The Balaban J connectivity index is 1.41. The second-order valence-corrected chi connectivity index (χ2v) is 13.5. The number of hydrogen-bond acceptors (Lipinski definition) is 2. The van der Waals surface area contributed by atoms with Crippen molar-refractivity contribution in [1.82, 2.24) is 9.34 Å². The smallest absolute Gasteiger partial charge is 0.396 e. The highest BCUT2D eigenvalue weighted by Crippen LogP contribution is 2.61. The van der Waals surface area contributed by atoms with E-state index in [1.54, 1.807) is 0 Å². The molecule has 0 radical (unpaired) electrons. The fraction of sp³-hybridized carbons (Fsp3) is 0.438. The maximum Gasteiger partial charge on any atom is 0.396 e. The van der Waals surface area contributed by atoms with E-state index in [4.69, 9.17) is 4.52 Å².